The number of esters is 2. The molecule has 0 amide bonds. The number of Topliss-reactive ketones (excluding diaryl/α,β-unsaturated/α-hetero) is 2. The van der Waals surface area contributed by atoms with Crippen LogP contribution in [0.3, 0.4) is 0 Å². The van der Waals surface area contributed by atoms with Crippen molar-refractivity contribution in [3.63, 3.8) is 0 Å². The summed E-state index contributed by atoms with van der Waals surface area (Å²) in [5.41, 5.74) is 8.42. The summed E-state index contributed by atoms with van der Waals surface area (Å²) in [6.45, 7) is 24.9. The van der Waals surface area contributed by atoms with Crippen LogP contribution in [0.2, 0.25) is 0 Å². The first kappa shape index (κ1) is 53.1. The zero-order valence-electron chi connectivity index (χ0n) is 40.8. The van der Waals surface area contributed by atoms with E-state index in [9.17, 15) is 19.2 Å². The SMILES string of the molecule is CC(C)(C)OC(=O)[C@@H](CC(=O)[C@@H](N)Cc1ccccc1)Cc1ccc(OC(C)(C)C)cc1.C[C@@H](Cc1ccccc1)C(=O)C[C@@H](Cc1ccc(OC(C)(C)C)cc1)C(=O)OC(C)(C)C. The molecule has 0 saturated carbocycles. The molecule has 64 heavy (non-hydrogen) atoms. The molecule has 0 heterocycles. The van der Waals surface area contributed by atoms with Gasteiger partial charge in [-0.2, -0.15) is 0 Å². The maximum absolute atomic E-state index is 13.0. The van der Waals surface area contributed by atoms with Gasteiger partial charge in [-0.3, -0.25) is 19.2 Å². The van der Waals surface area contributed by atoms with Gasteiger partial charge in [0, 0.05) is 18.8 Å². The highest BCUT2D eigenvalue weighted by Crippen LogP contribution is 2.26. The van der Waals surface area contributed by atoms with E-state index in [-0.39, 0.29) is 53.5 Å². The number of hydrogen-bond donors (Lipinski definition) is 1. The number of hydrogen-bond acceptors (Lipinski definition) is 9. The molecule has 0 spiro atoms. The van der Waals surface area contributed by atoms with E-state index in [1.807, 2.05) is 199 Å². The highest BCUT2D eigenvalue weighted by Gasteiger charge is 2.31. The first-order valence-electron chi connectivity index (χ1n) is 22.5. The number of carbonyl (C=O) groups excluding carboxylic acids is 4. The van der Waals surface area contributed by atoms with Crippen LogP contribution in [0.25, 0.3) is 0 Å². The summed E-state index contributed by atoms with van der Waals surface area (Å²) in [4.78, 5) is 51.7. The van der Waals surface area contributed by atoms with Crippen LogP contribution in [-0.2, 0) is 54.3 Å². The molecule has 0 unspecified atom stereocenters. The second-order valence-electron chi connectivity index (χ2n) is 20.8. The highest BCUT2D eigenvalue weighted by atomic mass is 16.6. The Morgan fingerprint density at radius 1 is 0.438 bits per heavy atom. The molecule has 4 rings (SSSR count). The van der Waals surface area contributed by atoms with Crippen molar-refractivity contribution in [2.45, 2.75) is 157 Å². The van der Waals surface area contributed by atoms with Gasteiger partial charge >= 0.3 is 11.9 Å². The molecule has 4 aromatic rings. The molecule has 0 aromatic heterocycles. The molecular formula is C55H75NO8. The second kappa shape index (κ2) is 23.6. The molecule has 0 aliphatic rings. The van der Waals surface area contributed by atoms with Crippen LogP contribution in [0, 0.1) is 17.8 Å². The van der Waals surface area contributed by atoms with Crippen LogP contribution in [0.1, 0.15) is 125 Å². The Morgan fingerprint density at radius 2 is 0.766 bits per heavy atom. The molecule has 0 aliphatic heterocycles. The number of ether oxygens (including phenoxy) is 4. The molecule has 2 N–H and O–H groups in total. The maximum atomic E-state index is 13.0. The van der Waals surface area contributed by atoms with Gasteiger partial charge in [-0.1, -0.05) is 91.9 Å². The molecule has 9 nitrogen and oxygen atoms in total. The Bertz CT molecular complexity index is 1900. The monoisotopic (exact) mass is 878 g/mol. The Labute approximate surface area is 383 Å². The lowest BCUT2D eigenvalue weighted by molar-refractivity contribution is -0.162. The Kier molecular flexibility index (Phi) is 19.6. The van der Waals surface area contributed by atoms with Gasteiger partial charge < -0.3 is 24.7 Å². The Balaban J connectivity index is 0.000000340. The molecule has 9 heteroatoms. The van der Waals surface area contributed by atoms with Gasteiger partial charge in [0.25, 0.3) is 0 Å². The molecule has 0 saturated heterocycles. The summed E-state index contributed by atoms with van der Waals surface area (Å²) in [6.07, 6.45) is 2.18. The molecular weight excluding hydrogens is 803 g/mol. The van der Waals surface area contributed by atoms with Crippen LogP contribution in [0.15, 0.2) is 109 Å². The summed E-state index contributed by atoms with van der Waals surface area (Å²) in [5, 5.41) is 0. The third-order valence-corrected chi connectivity index (χ3v) is 9.68. The van der Waals surface area contributed by atoms with Crippen molar-refractivity contribution in [3.05, 3.63) is 131 Å². The fraction of sp³-hybridized carbons (Fsp3) is 0.491. The maximum Gasteiger partial charge on any atom is 0.310 e. The van der Waals surface area contributed by atoms with Gasteiger partial charge in [-0.15, -0.1) is 0 Å². The normalized spacial score (nSPS) is 13.8. The number of nitrogens with two attached hydrogens (primary N) is 1. The average molecular weight is 878 g/mol. The first-order chi connectivity index (χ1) is 29.6. The van der Waals surface area contributed by atoms with Gasteiger partial charge in [0.05, 0.1) is 17.9 Å². The van der Waals surface area contributed by atoms with E-state index in [1.54, 1.807) is 0 Å². The lowest BCUT2D eigenvalue weighted by Crippen LogP contribution is -2.37. The van der Waals surface area contributed by atoms with Gasteiger partial charge in [-0.25, -0.2) is 0 Å². The van der Waals surface area contributed by atoms with Crippen molar-refractivity contribution in [2.24, 2.45) is 23.5 Å². The van der Waals surface area contributed by atoms with E-state index in [1.165, 1.54) is 0 Å². The van der Waals surface area contributed by atoms with Crippen molar-refractivity contribution in [2.75, 3.05) is 0 Å². The van der Waals surface area contributed by atoms with E-state index >= 15 is 0 Å². The summed E-state index contributed by atoms with van der Waals surface area (Å²) >= 11 is 0. The quantitative estimate of drug-likeness (QED) is 0.0970. The van der Waals surface area contributed by atoms with E-state index in [2.05, 4.69) is 0 Å². The van der Waals surface area contributed by atoms with Crippen molar-refractivity contribution < 1.29 is 38.1 Å². The van der Waals surface area contributed by atoms with Crippen molar-refractivity contribution in [1.82, 2.24) is 0 Å². The third kappa shape index (κ3) is 21.4. The Morgan fingerprint density at radius 3 is 1.11 bits per heavy atom. The lowest BCUT2D eigenvalue weighted by Gasteiger charge is -2.25. The zero-order chi connectivity index (χ0) is 47.9. The summed E-state index contributed by atoms with van der Waals surface area (Å²) in [6, 6.07) is 34.3. The van der Waals surface area contributed by atoms with Crippen LogP contribution < -0.4 is 15.2 Å². The van der Waals surface area contributed by atoms with E-state index in [0.717, 1.165) is 33.8 Å². The predicted octanol–water partition coefficient (Wildman–Crippen LogP) is 11.1. The van der Waals surface area contributed by atoms with E-state index in [0.29, 0.717) is 25.7 Å². The smallest absolute Gasteiger partial charge is 0.310 e. The molecule has 0 bridgehead atoms. The van der Waals surface area contributed by atoms with Gasteiger partial charge in [0.15, 0.2) is 5.78 Å². The number of carbonyl (C=O) groups is 4. The predicted molar refractivity (Wildman–Crippen MR) is 256 cm³/mol. The van der Waals surface area contributed by atoms with Crippen molar-refractivity contribution in [3.8, 4) is 11.5 Å². The minimum absolute atomic E-state index is 0.0448. The second-order valence-corrected chi connectivity index (χ2v) is 20.8. The number of rotatable bonds is 18. The van der Waals surface area contributed by atoms with Crippen molar-refractivity contribution >= 4 is 23.5 Å². The van der Waals surface area contributed by atoms with Gasteiger partial charge in [-0.05, 0) is 155 Å². The summed E-state index contributed by atoms with van der Waals surface area (Å²) in [5.74, 6) is -0.508. The fourth-order valence-corrected chi connectivity index (χ4v) is 6.81. The summed E-state index contributed by atoms with van der Waals surface area (Å²) in [7, 11) is 0. The van der Waals surface area contributed by atoms with Crippen LogP contribution in [0.5, 0.6) is 11.5 Å². The molecule has 0 aliphatic carbocycles. The van der Waals surface area contributed by atoms with Gasteiger partial charge in [0.1, 0.15) is 39.7 Å². The van der Waals surface area contributed by atoms with E-state index < -0.39 is 29.1 Å². The molecule has 0 fully saturated rings. The zero-order valence-corrected chi connectivity index (χ0v) is 40.8. The molecule has 348 valence electrons. The summed E-state index contributed by atoms with van der Waals surface area (Å²) < 4.78 is 23.0. The minimum Gasteiger partial charge on any atom is -0.488 e. The average Bonchev–Trinajstić information content (AvgIpc) is 3.17. The number of benzene rings is 4. The lowest BCUT2D eigenvalue weighted by atomic mass is 9.88. The number of ketones is 2. The minimum atomic E-state index is -0.662. The van der Waals surface area contributed by atoms with Crippen LogP contribution >= 0.6 is 0 Å². The van der Waals surface area contributed by atoms with Crippen LogP contribution in [0.4, 0.5) is 0 Å². The van der Waals surface area contributed by atoms with Crippen molar-refractivity contribution in [1.29, 1.82) is 0 Å². The Hall–Kier alpha value is -5.28. The topological polar surface area (TPSA) is 131 Å². The first-order valence-corrected chi connectivity index (χ1v) is 22.5. The largest absolute Gasteiger partial charge is 0.488 e. The van der Waals surface area contributed by atoms with Crippen LogP contribution in [-0.4, -0.2) is 52.0 Å². The fourth-order valence-electron chi connectivity index (χ4n) is 6.81. The van der Waals surface area contributed by atoms with E-state index in [4.69, 9.17) is 24.7 Å². The molecule has 4 aromatic carbocycles. The molecule has 0 radical (unpaired) electrons. The highest BCUT2D eigenvalue weighted by molar-refractivity contribution is 5.88. The standard InChI is InChI=1S/C28H38O4.C27H37NO4/c1-20(17-21-11-9-8-10-12-21)25(29)19-23(26(30)32-28(5,6)7)18-22-13-15-24(16-14-22)31-27(2,3)4;1-26(2,3)31-22-14-12-20(13-15-22)16-21(25(30)32-27(4,5)6)18-24(29)23(28)17-19-10-8-7-9-11-19/h8-16,20,23H,17-19H2,1-7H3;7-15,21,23H,16-18,28H2,1-6H3/t20-,23+;21-,23+/m01/s1. The third-order valence-electron chi connectivity index (χ3n) is 9.68. The van der Waals surface area contributed by atoms with Gasteiger partial charge in [0.2, 0.25) is 0 Å². The molecule has 4 atom stereocenters.